The molecule has 0 radical (unpaired) electrons. The van der Waals surface area contributed by atoms with E-state index in [2.05, 4.69) is 5.32 Å². The number of hydrogen-bond acceptors (Lipinski definition) is 1. The number of nitrogens with one attached hydrogen (secondary N) is 1. The topological polar surface area (TPSA) is 29.1 Å². The Bertz CT molecular complexity index is 593. The molecule has 0 aromatic heterocycles. The van der Waals surface area contributed by atoms with E-state index < -0.39 is 17.5 Å². The Morgan fingerprint density at radius 2 is 1.71 bits per heavy atom. The van der Waals surface area contributed by atoms with Crippen LogP contribution in [0.5, 0.6) is 0 Å². The van der Waals surface area contributed by atoms with Crippen LogP contribution in [0.1, 0.15) is 29.3 Å². The number of aryl methyl sites for hydroxylation is 1. The van der Waals surface area contributed by atoms with Crippen LogP contribution in [-0.2, 0) is 6.42 Å². The molecule has 0 saturated heterocycles. The number of amides is 1. The Morgan fingerprint density at radius 1 is 1.10 bits per heavy atom. The molecule has 0 unspecified atom stereocenters. The van der Waals surface area contributed by atoms with Crippen molar-refractivity contribution in [2.45, 2.75) is 25.8 Å². The summed E-state index contributed by atoms with van der Waals surface area (Å²) in [7, 11) is 0. The molecule has 1 N–H and O–H groups in total. The molecule has 0 aliphatic rings. The first kappa shape index (κ1) is 15.2. The first-order valence-corrected chi connectivity index (χ1v) is 6.85. The molecular weight excluding hydrogens is 272 g/mol. The maximum atomic E-state index is 13.1. The largest absolute Gasteiger partial charge is 0.350 e. The molecule has 0 heterocycles. The van der Waals surface area contributed by atoms with E-state index in [1.54, 1.807) is 0 Å². The smallest absolute Gasteiger partial charge is 0.251 e. The lowest BCUT2D eigenvalue weighted by atomic mass is 10.1. The summed E-state index contributed by atoms with van der Waals surface area (Å²) in [5.74, 6) is -1.97. The van der Waals surface area contributed by atoms with Crippen molar-refractivity contribution in [2.24, 2.45) is 0 Å². The zero-order valence-corrected chi connectivity index (χ0v) is 11.8. The molecule has 0 aliphatic carbocycles. The number of carbonyl (C=O) groups excluding carboxylic acids is 1. The van der Waals surface area contributed by atoms with E-state index in [0.717, 1.165) is 31.0 Å². The van der Waals surface area contributed by atoms with Crippen LogP contribution in [0.2, 0.25) is 0 Å². The summed E-state index contributed by atoms with van der Waals surface area (Å²) < 4.78 is 26.2. The van der Waals surface area contributed by atoms with Crippen LogP contribution in [0.4, 0.5) is 8.78 Å². The molecule has 4 heteroatoms. The van der Waals surface area contributed by atoms with E-state index in [-0.39, 0.29) is 11.6 Å². The second kappa shape index (κ2) is 6.97. The lowest BCUT2D eigenvalue weighted by molar-refractivity contribution is 0.0937. The van der Waals surface area contributed by atoms with Crippen LogP contribution < -0.4 is 5.32 Å². The summed E-state index contributed by atoms with van der Waals surface area (Å²) >= 11 is 0. The highest BCUT2D eigenvalue weighted by Gasteiger charge is 2.12. The molecular formula is C17H17F2NO. The van der Waals surface area contributed by atoms with Gasteiger partial charge in [0, 0.05) is 17.7 Å². The lowest BCUT2D eigenvalue weighted by Gasteiger charge is -2.14. The summed E-state index contributed by atoms with van der Waals surface area (Å²) in [6, 6.07) is 12.7. The summed E-state index contributed by atoms with van der Waals surface area (Å²) in [5, 5.41) is 2.75. The molecule has 2 nitrogen and oxygen atoms in total. The Kier molecular flexibility index (Phi) is 5.04. The second-order valence-corrected chi connectivity index (χ2v) is 5.06. The third-order valence-corrected chi connectivity index (χ3v) is 3.21. The van der Waals surface area contributed by atoms with E-state index in [4.69, 9.17) is 0 Å². The summed E-state index contributed by atoms with van der Waals surface area (Å²) in [6.45, 7) is 1.87. The van der Waals surface area contributed by atoms with Crippen molar-refractivity contribution in [3.63, 3.8) is 0 Å². The normalized spacial score (nSPS) is 12.0. The molecule has 2 aromatic rings. The van der Waals surface area contributed by atoms with Crippen LogP contribution in [0.3, 0.4) is 0 Å². The van der Waals surface area contributed by atoms with Crippen molar-refractivity contribution in [2.75, 3.05) is 0 Å². The van der Waals surface area contributed by atoms with Gasteiger partial charge in [-0.15, -0.1) is 0 Å². The van der Waals surface area contributed by atoms with Crippen molar-refractivity contribution in [1.82, 2.24) is 5.32 Å². The molecule has 1 atom stereocenters. The molecule has 0 bridgehead atoms. The predicted molar refractivity (Wildman–Crippen MR) is 78.0 cm³/mol. The maximum Gasteiger partial charge on any atom is 0.251 e. The first-order chi connectivity index (χ1) is 10.0. The van der Waals surface area contributed by atoms with Crippen LogP contribution in [0, 0.1) is 11.6 Å². The van der Waals surface area contributed by atoms with Gasteiger partial charge in [-0.2, -0.15) is 0 Å². The van der Waals surface area contributed by atoms with Gasteiger partial charge in [0.25, 0.3) is 5.91 Å². The van der Waals surface area contributed by atoms with Gasteiger partial charge in [0.1, 0.15) is 11.6 Å². The van der Waals surface area contributed by atoms with Gasteiger partial charge in [-0.05, 0) is 37.5 Å². The molecule has 2 rings (SSSR count). The zero-order chi connectivity index (χ0) is 15.2. The van der Waals surface area contributed by atoms with E-state index >= 15 is 0 Å². The second-order valence-electron chi connectivity index (χ2n) is 5.06. The fraction of sp³-hybridized carbons (Fsp3) is 0.235. The van der Waals surface area contributed by atoms with Crippen LogP contribution in [0.15, 0.2) is 48.5 Å². The number of halogens is 2. The minimum absolute atomic E-state index is 0.000869. The molecule has 0 saturated carbocycles. The quantitative estimate of drug-likeness (QED) is 0.893. The maximum absolute atomic E-state index is 13.1. The van der Waals surface area contributed by atoms with Gasteiger partial charge in [-0.25, -0.2) is 8.78 Å². The molecule has 0 aliphatic heterocycles. The molecule has 0 fully saturated rings. The van der Waals surface area contributed by atoms with E-state index in [9.17, 15) is 13.6 Å². The lowest BCUT2D eigenvalue weighted by Crippen LogP contribution is -2.33. The molecule has 110 valence electrons. The highest BCUT2D eigenvalue weighted by atomic mass is 19.1. The van der Waals surface area contributed by atoms with Crippen molar-refractivity contribution in [3.05, 3.63) is 71.3 Å². The van der Waals surface area contributed by atoms with Crippen molar-refractivity contribution in [3.8, 4) is 0 Å². The van der Waals surface area contributed by atoms with Crippen molar-refractivity contribution < 1.29 is 13.6 Å². The highest BCUT2D eigenvalue weighted by molar-refractivity contribution is 5.94. The predicted octanol–water partition coefficient (Wildman–Crippen LogP) is 3.72. The van der Waals surface area contributed by atoms with Crippen LogP contribution in [0.25, 0.3) is 0 Å². The highest BCUT2D eigenvalue weighted by Crippen LogP contribution is 2.09. The fourth-order valence-corrected chi connectivity index (χ4v) is 2.09. The third-order valence-electron chi connectivity index (χ3n) is 3.21. The Hall–Kier alpha value is -2.23. The number of rotatable bonds is 5. The molecule has 2 aromatic carbocycles. The number of benzene rings is 2. The monoisotopic (exact) mass is 289 g/mol. The minimum atomic E-state index is -0.753. The van der Waals surface area contributed by atoms with Crippen molar-refractivity contribution in [1.29, 1.82) is 0 Å². The van der Waals surface area contributed by atoms with Gasteiger partial charge in [-0.1, -0.05) is 30.3 Å². The van der Waals surface area contributed by atoms with Gasteiger partial charge in [0.15, 0.2) is 0 Å². The third kappa shape index (κ3) is 4.67. The van der Waals surface area contributed by atoms with Gasteiger partial charge >= 0.3 is 0 Å². The van der Waals surface area contributed by atoms with Crippen LogP contribution >= 0.6 is 0 Å². The SMILES string of the molecule is C[C@@H](CCc1ccccc1)NC(=O)c1cc(F)cc(F)c1. The molecule has 1 amide bonds. The molecule has 21 heavy (non-hydrogen) atoms. The Labute approximate surface area is 122 Å². The van der Waals surface area contributed by atoms with Gasteiger partial charge in [-0.3, -0.25) is 4.79 Å². The summed E-state index contributed by atoms with van der Waals surface area (Å²) in [5.41, 5.74) is 1.19. The average molecular weight is 289 g/mol. The zero-order valence-electron chi connectivity index (χ0n) is 11.8. The Balaban J connectivity index is 1.90. The summed E-state index contributed by atoms with van der Waals surface area (Å²) in [4.78, 5) is 11.9. The summed E-state index contributed by atoms with van der Waals surface area (Å²) in [6.07, 6.45) is 1.59. The fourth-order valence-electron chi connectivity index (χ4n) is 2.09. The number of carbonyl (C=O) groups is 1. The average Bonchev–Trinajstić information content (AvgIpc) is 2.45. The van der Waals surface area contributed by atoms with Crippen molar-refractivity contribution >= 4 is 5.91 Å². The van der Waals surface area contributed by atoms with Gasteiger partial charge in [0.05, 0.1) is 0 Å². The number of hydrogen-bond donors (Lipinski definition) is 1. The van der Waals surface area contributed by atoms with E-state index in [1.807, 2.05) is 37.3 Å². The van der Waals surface area contributed by atoms with Gasteiger partial charge < -0.3 is 5.32 Å². The minimum Gasteiger partial charge on any atom is -0.350 e. The Morgan fingerprint density at radius 3 is 2.33 bits per heavy atom. The first-order valence-electron chi connectivity index (χ1n) is 6.85. The van der Waals surface area contributed by atoms with E-state index in [0.29, 0.717) is 0 Å². The standard InChI is InChI=1S/C17H17F2NO/c1-12(7-8-13-5-3-2-4-6-13)20-17(21)14-9-15(18)11-16(19)10-14/h2-6,9-12H,7-8H2,1H3,(H,20,21)/t12-/m0/s1. The van der Waals surface area contributed by atoms with E-state index in [1.165, 1.54) is 5.56 Å². The van der Waals surface area contributed by atoms with Crippen LogP contribution in [-0.4, -0.2) is 11.9 Å². The van der Waals surface area contributed by atoms with Gasteiger partial charge in [0.2, 0.25) is 0 Å². The molecule has 0 spiro atoms.